The van der Waals surface area contributed by atoms with Gasteiger partial charge in [-0.2, -0.15) is 9.78 Å². The number of aryl methyl sites for hydroxylation is 1. The number of halogens is 2. The van der Waals surface area contributed by atoms with Crippen molar-refractivity contribution in [2.24, 2.45) is 0 Å². The summed E-state index contributed by atoms with van der Waals surface area (Å²) in [6, 6.07) is 9.35. The Morgan fingerprint density at radius 3 is 2.21 bits per heavy atom. The van der Waals surface area contributed by atoms with Crippen molar-refractivity contribution in [3.05, 3.63) is 73.9 Å². The van der Waals surface area contributed by atoms with Crippen molar-refractivity contribution in [3.8, 4) is 5.69 Å². The third-order valence-electron chi connectivity index (χ3n) is 4.50. The number of carbonyl (C=O) groups excluding carboxylic acids is 2. The van der Waals surface area contributed by atoms with Crippen LogP contribution in [-0.2, 0) is 6.67 Å². The van der Waals surface area contributed by atoms with Gasteiger partial charge in [0.2, 0.25) is 0 Å². The highest BCUT2D eigenvalue weighted by Gasteiger charge is 2.36. The van der Waals surface area contributed by atoms with Gasteiger partial charge in [-0.3, -0.25) is 19.1 Å². The molecule has 2 heterocycles. The number of nitrogen functional groups attached to an aromatic ring is 1. The molecule has 2 aromatic carbocycles. The maximum atomic E-state index is 12.9. The average molecular weight is 418 g/mol. The molecule has 3 aromatic rings. The first-order chi connectivity index (χ1) is 13.3. The molecule has 0 bridgehead atoms. The summed E-state index contributed by atoms with van der Waals surface area (Å²) in [7, 11) is 0. The third kappa shape index (κ3) is 2.69. The fourth-order valence-electron chi connectivity index (χ4n) is 3.04. The quantitative estimate of drug-likeness (QED) is 0.520. The molecule has 0 saturated heterocycles. The van der Waals surface area contributed by atoms with Gasteiger partial charge in [-0.05, 0) is 31.2 Å². The number of hydrogen-bond donors (Lipinski definition) is 1. The van der Waals surface area contributed by atoms with Crippen LogP contribution in [0.2, 0.25) is 10.0 Å². The molecule has 0 unspecified atom stereocenters. The monoisotopic (exact) mass is 417 g/mol. The van der Waals surface area contributed by atoms with E-state index in [4.69, 9.17) is 28.9 Å². The number of benzene rings is 2. The van der Waals surface area contributed by atoms with Gasteiger partial charge >= 0.3 is 5.69 Å². The Morgan fingerprint density at radius 2 is 1.61 bits per heavy atom. The van der Waals surface area contributed by atoms with Crippen LogP contribution in [0.1, 0.15) is 26.5 Å². The van der Waals surface area contributed by atoms with Crippen molar-refractivity contribution >= 4 is 40.7 Å². The van der Waals surface area contributed by atoms with Crippen LogP contribution >= 0.6 is 23.2 Å². The average Bonchev–Trinajstić information content (AvgIpc) is 3.08. The van der Waals surface area contributed by atoms with Crippen LogP contribution in [0.5, 0.6) is 0 Å². The summed E-state index contributed by atoms with van der Waals surface area (Å²) in [6.45, 7) is 1.32. The van der Waals surface area contributed by atoms with Crippen LogP contribution in [-0.4, -0.2) is 31.1 Å². The van der Waals surface area contributed by atoms with E-state index >= 15 is 0 Å². The van der Waals surface area contributed by atoms with Crippen molar-refractivity contribution in [1.29, 1.82) is 0 Å². The largest absolute Gasteiger partial charge is 0.397 e. The van der Waals surface area contributed by atoms with E-state index in [1.165, 1.54) is 16.7 Å². The molecule has 1 aliphatic rings. The van der Waals surface area contributed by atoms with Crippen LogP contribution in [0.15, 0.2) is 41.2 Å². The first-order valence-corrected chi connectivity index (χ1v) is 8.91. The third-order valence-corrected chi connectivity index (χ3v) is 5.13. The summed E-state index contributed by atoms with van der Waals surface area (Å²) >= 11 is 12.1. The minimum Gasteiger partial charge on any atom is -0.397 e. The summed E-state index contributed by atoms with van der Waals surface area (Å²) in [6.07, 6.45) is 0. The molecule has 0 spiro atoms. The Morgan fingerprint density at radius 1 is 1.00 bits per heavy atom. The lowest BCUT2D eigenvalue weighted by molar-refractivity contribution is 0.0602. The fourth-order valence-corrected chi connectivity index (χ4v) is 3.50. The molecule has 0 atom stereocenters. The normalized spacial score (nSPS) is 13.3. The van der Waals surface area contributed by atoms with E-state index in [-0.39, 0.29) is 28.1 Å². The van der Waals surface area contributed by atoms with Crippen LogP contribution in [0, 0.1) is 6.92 Å². The number of nitrogens with zero attached hydrogens (tertiary/aromatic N) is 4. The highest BCUT2D eigenvalue weighted by Crippen LogP contribution is 2.29. The number of anilines is 1. The molecule has 0 radical (unpaired) electrons. The molecule has 0 fully saturated rings. The second kappa shape index (κ2) is 6.50. The number of amides is 2. The van der Waals surface area contributed by atoms with Gasteiger partial charge in [0, 0.05) is 0 Å². The molecule has 0 aliphatic carbocycles. The Balaban J connectivity index is 1.74. The molecule has 142 valence electrons. The Hall–Kier alpha value is -3.10. The van der Waals surface area contributed by atoms with E-state index in [1.54, 1.807) is 31.2 Å². The Bertz CT molecular complexity index is 1180. The Labute approximate surface area is 168 Å². The van der Waals surface area contributed by atoms with Crippen molar-refractivity contribution in [1.82, 2.24) is 19.2 Å². The van der Waals surface area contributed by atoms with Gasteiger partial charge in [0.15, 0.2) is 0 Å². The number of carbonyl (C=O) groups is 2. The lowest BCUT2D eigenvalue weighted by Crippen LogP contribution is -2.37. The molecule has 2 amide bonds. The molecular formula is C18H13Cl2N5O3. The van der Waals surface area contributed by atoms with E-state index in [0.717, 1.165) is 9.58 Å². The van der Waals surface area contributed by atoms with Gasteiger partial charge in [-0.1, -0.05) is 35.3 Å². The van der Waals surface area contributed by atoms with Gasteiger partial charge in [-0.25, -0.2) is 4.79 Å². The predicted octanol–water partition coefficient (Wildman–Crippen LogP) is 2.49. The summed E-state index contributed by atoms with van der Waals surface area (Å²) in [5.41, 5.74) is 6.32. The summed E-state index contributed by atoms with van der Waals surface area (Å²) < 4.78 is 2.27. The van der Waals surface area contributed by atoms with Gasteiger partial charge < -0.3 is 5.73 Å². The molecule has 0 saturated carbocycles. The van der Waals surface area contributed by atoms with Gasteiger partial charge in [0.1, 0.15) is 12.5 Å². The molecule has 1 aliphatic heterocycles. The smallest absolute Gasteiger partial charge is 0.352 e. The van der Waals surface area contributed by atoms with Crippen molar-refractivity contribution in [2.45, 2.75) is 13.6 Å². The van der Waals surface area contributed by atoms with E-state index in [0.29, 0.717) is 17.0 Å². The van der Waals surface area contributed by atoms with Gasteiger partial charge in [0.25, 0.3) is 11.8 Å². The molecule has 8 nitrogen and oxygen atoms in total. The fraction of sp³-hybridized carbons (Fsp3) is 0.111. The summed E-state index contributed by atoms with van der Waals surface area (Å²) in [5.74, 6) is -0.631. The van der Waals surface area contributed by atoms with Crippen molar-refractivity contribution in [3.63, 3.8) is 0 Å². The van der Waals surface area contributed by atoms with Crippen LogP contribution < -0.4 is 11.4 Å². The van der Waals surface area contributed by atoms with Crippen LogP contribution in [0.3, 0.4) is 0 Å². The van der Waals surface area contributed by atoms with E-state index in [9.17, 15) is 14.4 Å². The molecule has 28 heavy (non-hydrogen) atoms. The zero-order valence-corrected chi connectivity index (χ0v) is 16.0. The lowest BCUT2D eigenvalue weighted by Gasteiger charge is -2.14. The van der Waals surface area contributed by atoms with Crippen LogP contribution in [0.4, 0.5) is 5.69 Å². The lowest BCUT2D eigenvalue weighted by atomic mass is 10.1. The van der Waals surface area contributed by atoms with Crippen LogP contribution in [0.25, 0.3) is 5.69 Å². The second-order valence-corrected chi connectivity index (χ2v) is 7.03. The Kier molecular flexibility index (Phi) is 4.24. The minimum atomic E-state index is -0.572. The highest BCUT2D eigenvalue weighted by molar-refractivity contribution is 6.37. The maximum Gasteiger partial charge on any atom is 0.352 e. The number of imide groups is 1. The van der Waals surface area contributed by atoms with Crippen molar-refractivity contribution < 1.29 is 9.59 Å². The molecule has 10 heteroatoms. The summed E-state index contributed by atoms with van der Waals surface area (Å²) in [4.78, 5) is 39.0. The van der Waals surface area contributed by atoms with E-state index in [1.807, 2.05) is 0 Å². The predicted molar refractivity (Wildman–Crippen MR) is 104 cm³/mol. The number of hydrogen-bond acceptors (Lipinski definition) is 5. The number of aromatic nitrogens is 3. The first kappa shape index (κ1) is 18.3. The molecule has 1 aromatic heterocycles. The second-order valence-electron chi connectivity index (χ2n) is 6.22. The number of fused-ring (bicyclic) bond motifs is 1. The molecular weight excluding hydrogens is 405 g/mol. The number of rotatable bonds is 3. The molecule has 4 rings (SSSR count). The molecule has 2 N–H and O–H groups in total. The zero-order chi connectivity index (χ0) is 20.2. The standard InChI is InChI=1S/C18H13Cl2N5O3/c1-9-22-25(15-7-14(21)12(19)6-13(15)20)18(28)23(9)8-24-16(26)10-4-2-3-5-11(10)17(24)27/h2-7H,8,21H2,1H3. The zero-order valence-electron chi connectivity index (χ0n) is 14.5. The number of nitrogens with two attached hydrogens (primary N) is 1. The van der Waals surface area contributed by atoms with E-state index < -0.39 is 17.5 Å². The van der Waals surface area contributed by atoms with Crippen molar-refractivity contribution in [2.75, 3.05) is 5.73 Å². The summed E-state index contributed by atoms with van der Waals surface area (Å²) in [5, 5.41) is 4.63. The maximum absolute atomic E-state index is 12.9. The van der Waals surface area contributed by atoms with E-state index in [2.05, 4.69) is 5.10 Å². The minimum absolute atomic E-state index is 0.187. The van der Waals surface area contributed by atoms with Gasteiger partial charge in [-0.15, -0.1) is 0 Å². The topological polar surface area (TPSA) is 103 Å². The van der Waals surface area contributed by atoms with Gasteiger partial charge in [0.05, 0.1) is 32.5 Å². The highest BCUT2D eigenvalue weighted by atomic mass is 35.5. The first-order valence-electron chi connectivity index (χ1n) is 8.16. The SMILES string of the molecule is Cc1nn(-c2cc(N)c(Cl)cc2Cl)c(=O)n1CN1C(=O)c2ccccc2C1=O.